The highest BCUT2D eigenvalue weighted by molar-refractivity contribution is 5.76. The van der Waals surface area contributed by atoms with Crippen LogP contribution in [0.15, 0.2) is 17.3 Å². The molecule has 2 aromatic heterocycles. The molecule has 2 aromatic rings. The van der Waals surface area contributed by atoms with Crippen LogP contribution in [0.5, 0.6) is 0 Å². The lowest BCUT2D eigenvalue weighted by atomic mass is 10.2. The molecule has 3 rings (SSSR count). The van der Waals surface area contributed by atoms with Crippen molar-refractivity contribution in [3.63, 3.8) is 0 Å². The van der Waals surface area contributed by atoms with Crippen LogP contribution in [-0.2, 0) is 23.1 Å². The molecule has 1 fully saturated rings. The summed E-state index contributed by atoms with van der Waals surface area (Å²) in [7, 11) is 1.74. The van der Waals surface area contributed by atoms with E-state index in [1.165, 1.54) is 17.1 Å². The molecule has 9 nitrogen and oxygen atoms in total. The van der Waals surface area contributed by atoms with Crippen molar-refractivity contribution in [3.8, 4) is 0 Å². The zero-order chi connectivity index (χ0) is 17.8. The Kier molecular flexibility index (Phi) is 5.44. The first-order valence-corrected chi connectivity index (χ1v) is 8.51. The number of fused-ring (bicyclic) bond motifs is 1. The molecule has 1 atom stereocenters. The molecule has 0 unspecified atom stereocenters. The van der Waals surface area contributed by atoms with E-state index in [2.05, 4.69) is 20.3 Å². The normalized spacial score (nSPS) is 16.9. The smallest absolute Gasteiger partial charge is 0.264 e. The van der Waals surface area contributed by atoms with Gasteiger partial charge in [-0.05, 0) is 6.92 Å². The van der Waals surface area contributed by atoms with E-state index in [9.17, 15) is 9.59 Å². The van der Waals surface area contributed by atoms with Crippen LogP contribution in [0.4, 0.5) is 0 Å². The molecule has 1 amide bonds. The number of aryl methyl sites for hydroxylation is 2. The molecular weight excluding hydrogens is 324 g/mol. The van der Waals surface area contributed by atoms with E-state index in [1.54, 1.807) is 11.7 Å². The van der Waals surface area contributed by atoms with Gasteiger partial charge in [-0.15, -0.1) is 0 Å². The number of nitrogens with one attached hydrogen (secondary N) is 1. The topological polar surface area (TPSA) is 94.3 Å². The first-order chi connectivity index (χ1) is 12.0. The number of aromatic nitrogens is 4. The third kappa shape index (κ3) is 4.23. The molecule has 0 radical (unpaired) electrons. The number of hydrogen-bond donors (Lipinski definition) is 1. The molecule has 0 bridgehead atoms. The number of morpholine rings is 1. The van der Waals surface area contributed by atoms with E-state index in [0.717, 1.165) is 32.8 Å². The summed E-state index contributed by atoms with van der Waals surface area (Å²) >= 11 is 0. The highest BCUT2D eigenvalue weighted by atomic mass is 16.5. The molecular formula is C16H24N6O3. The monoisotopic (exact) mass is 348 g/mol. The van der Waals surface area contributed by atoms with E-state index in [-0.39, 0.29) is 23.9 Å². The van der Waals surface area contributed by atoms with Crippen LogP contribution in [0.2, 0.25) is 0 Å². The Labute approximate surface area is 145 Å². The summed E-state index contributed by atoms with van der Waals surface area (Å²) in [5, 5.41) is 7.48. The van der Waals surface area contributed by atoms with Gasteiger partial charge in [0.25, 0.3) is 5.56 Å². The number of amides is 1. The van der Waals surface area contributed by atoms with Crippen LogP contribution in [0.1, 0.15) is 13.3 Å². The number of nitrogens with zero attached hydrogens (tertiary/aromatic N) is 5. The Bertz CT molecular complexity index is 793. The van der Waals surface area contributed by atoms with Gasteiger partial charge >= 0.3 is 0 Å². The summed E-state index contributed by atoms with van der Waals surface area (Å²) < 4.78 is 8.33. The molecule has 136 valence electrons. The summed E-state index contributed by atoms with van der Waals surface area (Å²) in [4.78, 5) is 31.0. The van der Waals surface area contributed by atoms with Gasteiger partial charge in [0.2, 0.25) is 5.91 Å². The summed E-state index contributed by atoms with van der Waals surface area (Å²) in [5.41, 5.74) is 0.372. The third-order valence-electron chi connectivity index (χ3n) is 4.34. The molecule has 1 aliphatic rings. The Hall–Kier alpha value is -2.26. The predicted octanol–water partition coefficient (Wildman–Crippen LogP) is -0.643. The fourth-order valence-electron chi connectivity index (χ4n) is 3.01. The fourth-order valence-corrected chi connectivity index (χ4v) is 3.01. The Balaban J connectivity index is 1.51. The predicted molar refractivity (Wildman–Crippen MR) is 92.2 cm³/mol. The van der Waals surface area contributed by atoms with Gasteiger partial charge in [-0.3, -0.25) is 23.7 Å². The Morgan fingerprint density at radius 1 is 1.40 bits per heavy atom. The summed E-state index contributed by atoms with van der Waals surface area (Å²) in [6.45, 7) is 6.37. The SMILES string of the molecule is C[C@H](CN1CCOCC1)NC(=O)CCn1cnc2c(cnn2C)c1=O. The summed E-state index contributed by atoms with van der Waals surface area (Å²) in [6, 6.07) is 0.0567. The van der Waals surface area contributed by atoms with Crippen molar-refractivity contribution in [1.82, 2.24) is 29.5 Å². The van der Waals surface area contributed by atoms with Crippen molar-refractivity contribution >= 4 is 16.9 Å². The number of carbonyl (C=O) groups excluding carboxylic acids is 1. The zero-order valence-corrected chi connectivity index (χ0v) is 14.6. The Morgan fingerprint density at radius 3 is 2.92 bits per heavy atom. The molecule has 0 aromatic carbocycles. The van der Waals surface area contributed by atoms with E-state index >= 15 is 0 Å². The van der Waals surface area contributed by atoms with E-state index in [4.69, 9.17) is 4.74 Å². The molecule has 1 N–H and O–H groups in total. The lowest BCUT2D eigenvalue weighted by Gasteiger charge is -2.29. The van der Waals surface area contributed by atoms with Crippen LogP contribution in [0.25, 0.3) is 11.0 Å². The molecule has 25 heavy (non-hydrogen) atoms. The first-order valence-electron chi connectivity index (χ1n) is 8.51. The molecule has 9 heteroatoms. The van der Waals surface area contributed by atoms with Gasteiger partial charge in [0.15, 0.2) is 5.65 Å². The van der Waals surface area contributed by atoms with Gasteiger partial charge in [-0.25, -0.2) is 4.98 Å². The number of rotatable bonds is 6. The van der Waals surface area contributed by atoms with Crippen molar-refractivity contribution in [1.29, 1.82) is 0 Å². The van der Waals surface area contributed by atoms with Crippen LogP contribution in [0.3, 0.4) is 0 Å². The summed E-state index contributed by atoms with van der Waals surface area (Å²) in [6.07, 6.45) is 3.21. The second-order valence-corrected chi connectivity index (χ2v) is 6.38. The van der Waals surface area contributed by atoms with E-state index in [0.29, 0.717) is 17.6 Å². The maximum absolute atomic E-state index is 12.4. The number of carbonyl (C=O) groups is 1. The molecule has 0 spiro atoms. The average Bonchev–Trinajstić information content (AvgIpc) is 2.97. The van der Waals surface area contributed by atoms with Gasteiger partial charge in [-0.1, -0.05) is 0 Å². The second-order valence-electron chi connectivity index (χ2n) is 6.38. The maximum atomic E-state index is 12.4. The van der Waals surface area contributed by atoms with Gasteiger partial charge in [-0.2, -0.15) is 5.10 Å². The van der Waals surface area contributed by atoms with E-state index < -0.39 is 0 Å². The number of hydrogen-bond acceptors (Lipinski definition) is 6. The second kappa shape index (κ2) is 7.75. The molecule has 3 heterocycles. The molecule has 1 saturated heterocycles. The van der Waals surface area contributed by atoms with Gasteiger partial charge in [0, 0.05) is 45.7 Å². The zero-order valence-electron chi connectivity index (χ0n) is 14.6. The van der Waals surface area contributed by atoms with Crippen molar-refractivity contribution in [2.24, 2.45) is 7.05 Å². The third-order valence-corrected chi connectivity index (χ3v) is 4.34. The highest BCUT2D eigenvalue weighted by Gasteiger charge is 2.15. The first kappa shape index (κ1) is 17.6. The van der Waals surface area contributed by atoms with Gasteiger partial charge in [0.1, 0.15) is 5.39 Å². The molecule has 0 saturated carbocycles. The maximum Gasteiger partial charge on any atom is 0.264 e. The van der Waals surface area contributed by atoms with Gasteiger partial charge in [0.05, 0.1) is 25.7 Å². The fraction of sp³-hybridized carbons (Fsp3) is 0.625. The largest absolute Gasteiger partial charge is 0.379 e. The molecule has 1 aliphatic heterocycles. The minimum Gasteiger partial charge on any atom is -0.379 e. The quantitative estimate of drug-likeness (QED) is 0.746. The Morgan fingerprint density at radius 2 is 2.16 bits per heavy atom. The lowest BCUT2D eigenvalue weighted by molar-refractivity contribution is -0.122. The van der Waals surface area contributed by atoms with Crippen molar-refractivity contribution in [3.05, 3.63) is 22.9 Å². The van der Waals surface area contributed by atoms with Crippen molar-refractivity contribution in [2.45, 2.75) is 25.9 Å². The molecule has 0 aliphatic carbocycles. The van der Waals surface area contributed by atoms with Crippen LogP contribution < -0.4 is 10.9 Å². The minimum atomic E-state index is -0.174. The standard InChI is InChI=1S/C16H24N6O3/c1-12(10-21-5-7-25-8-6-21)19-14(23)3-4-22-11-17-15-13(16(22)24)9-18-20(15)2/h9,11-12H,3-8,10H2,1-2H3,(H,19,23)/t12-/m1/s1. The van der Waals surface area contributed by atoms with Crippen LogP contribution in [-0.4, -0.2) is 69.0 Å². The van der Waals surface area contributed by atoms with Gasteiger partial charge < -0.3 is 10.1 Å². The van der Waals surface area contributed by atoms with E-state index in [1.807, 2.05) is 6.92 Å². The van der Waals surface area contributed by atoms with Crippen LogP contribution >= 0.6 is 0 Å². The average molecular weight is 348 g/mol. The lowest BCUT2D eigenvalue weighted by Crippen LogP contribution is -2.46. The van der Waals surface area contributed by atoms with Crippen molar-refractivity contribution < 1.29 is 9.53 Å². The highest BCUT2D eigenvalue weighted by Crippen LogP contribution is 2.03. The number of ether oxygens (including phenoxy) is 1. The summed E-state index contributed by atoms with van der Waals surface area (Å²) in [5.74, 6) is -0.0704. The van der Waals surface area contributed by atoms with Crippen LogP contribution in [0, 0.1) is 0 Å². The van der Waals surface area contributed by atoms with Crippen molar-refractivity contribution in [2.75, 3.05) is 32.8 Å². The minimum absolute atomic E-state index is 0.0567.